The lowest BCUT2D eigenvalue weighted by Crippen LogP contribution is -2.02. The van der Waals surface area contributed by atoms with Crippen LogP contribution in [0, 0.1) is 0 Å². The highest BCUT2D eigenvalue weighted by Gasteiger charge is 2.18. The van der Waals surface area contributed by atoms with Crippen LogP contribution in [-0.4, -0.2) is 21.2 Å². The van der Waals surface area contributed by atoms with Crippen molar-refractivity contribution < 1.29 is 8.78 Å². The van der Waals surface area contributed by atoms with Crippen molar-refractivity contribution in [2.45, 2.75) is 37.3 Å². The van der Waals surface area contributed by atoms with Gasteiger partial charge in [-0.15, -0.1) is 0 Å². The maximum Gasteiger partial charge on any atom is 0.280 e. The second-order valence-corrected chi connectivity index (χ2v) is 5.74. The normalized spacial score (nSPS) is 15.5. The van der Waals surface area contributed by atoms with E-state index >= 15 is 0 Å². The average Bonchev–Trinajstić information content (AvgIpc) is 2.54. The smallest absolute Gasteiger partial charge is 0.245 e. The van der Waals surface area contributed by atoms with Crippen LogP contribution >= 0.6 is 11.8 Å². The molecule has 110 valence electrons. The molecule has 2 aromatic rings. The van der Waals surface area contributed by atoms with Crippen LogP contribution in [0.4, 0.5) is 8.78 Å². The van der Waals surface area contributed by atoms with E-state index in [4.69, 9.17) is 0 Å². The summed E-state index contributed by atoms with van der Waals surface area (Å²) in [4.78, 5) is 12.8. The third-order valence-electron chi connectivity index (χ3n) is 3.56. The Morgan fingerprint density at radius 2 is 2.10 bits per heavy atom. The first-order valence-electron chi connectivity index (χ1n) is 6.88. The van der Waals surface area contributed by atoms with Gasteiger partial charge in [-0.3, -0.25) is 0 Å². The van der Waals surface area contributed by atoms with E-state index in [2.05, 4.69) is 21.0 Å². The van der Waals surface area contributed by atoms with Crippen LogP contribution in [0.25, 0.3) is 16.5 Å². The molecule has 0 spiro atoms. The first kappa shape index (κ1) is 14.4. The quantitative estimate of drug-likeness (QED) is 0.611. The van der Waals surface area contributed by atoms with E-state index < -0.39 is 6.43 Å². The highest BCUT2D eigenvalue weighted by atomic mass is 32.2. The maximum atomic E-state index is 13.1. The van der Waals surface area contributed by atoms with Crippen molar-refractivity contribution in [2.75, 3.05) is 6.26 Å². The molecule has 0 fully saturated rings. The van der Waals surface area contributed by atoms with Crippen molar-refractivity contribution in [3.05, 3.63) is 29.7 Å². The van der Waals surface area contributed by atoms with Gasteiger partial charge in [-0.05, 0) is 43.6 Å². The molecule has 0 saturated heterocycles. The molecule has 0 bridgehead atoms. The van der Waals surface area contributed by atoms with E-state index in [1.807, 2.05) is 6.26 Å². The molecule has 21 heavy (non-hydrogen) atoms. The van der Waals surface area contributed by atoms with Gasteiger partial charge in [-0.25, -0.2) is 23.7 Å². The molecule has 6 heteroatoms. The Balaban J connectivity index is 2.24. The lowest BCUT2D eigenvalue weighted by Gasteiger charge is -2.15. The molecule has 0 aliphatic heterocycles. The van der Waals surface area contributed by atoms with Crippen molar-refractivity contribution in [3.8, 4) is 0 Å². The minimum Gasteiger partial charge on any atom is -0.245 e. The van der Waals surface area contributed by atoms with E-state index in [0.29, 0.717) is 21.8 Å². The van der Waals surface area contributed by atoms with Crippen LogP contribution in [0.2, 0.25) is 0 Å². The summed E-state index contributed by atoms with van der Waals surface area (Å²) in [6, 6.07) is 1.39. The van der Waals surface area contributed by atoms with Crippen LogP contribution in [0.15, 0.2) is 23.5 Å². The van der Waals surface area contributed by atoms with Gasteiger partial charge >= 0.3 is 0 Å². The van der Waals surface area contributed by atoms with E-state index in [1.54, 1.807) is 6.20 Å². The molecule has 0 unspecified atom stereocenters. The highest BCUT2D eigenvalue weighted by Crippen LogP contribution is 2.32. The summed E-state index contributed by atoms with van der Waals surface area (Å²) < 4.78 is 26.1. The molecule has 0 saturated carbocycles. The number of pyridine rings is 1. The van der Waals surface area contributed by atoms with Gasteiger partial charge in [0.05, 0.1) is 5.69 Å². The maximum absolute atomic E-state index is 13.1. The number of hydrogen-bond acceptors (Lipinski definition) is 4. The van der Waals surface area contributed by atoms with Gasteiger partial charge in [0.15, 0.2) is 5.16 Å². The molecule has 2 heterocycles. The fourth-order valence-corrected chi connectivity index (χ4v) is 2.87. The minimum atomic E-state index is -2.59. The van der Waals surface area contributed by atoms with Gasteiger partial charge in [0.1, 0.15) is 11.2 Å². The molecule has 3 nitrogen and oxygen atoms in total. The number of thioether (sulfide) groups is 1. The Morgan fingerprint density at radius 1 is 1.24 bits per heavy atom. The Bertz CT molecular complexity index is 701. The van der Waals surface area contributed by atoms with Crippen molar-refractivity contribution in [3.63, 3.8) is 0 Å². The lowest BCUT2D eigenvalue weighted by molar-refractivity contribution is 0.146. The Labute approximate surface area is 125 Å². The van der Waals surface area contributed by atoms with Crippen LogP contribution in [0.3, 0.4) is 0 Å². The summed E-state index contributed by atoms with van der Waals surface area (Å²) in [6.07, 6.45) is 7.05. The Kier molecular flexibility index (Phi) is 4.14. The van der Waals surface area contributed by atoms with Crippen molar-refractivity contribution in [1.82, 2.24) is 15.0 Å². The summed E-state index contributed by atoms with van der Waals surface area (Å²) >= 11 is 1.43. The standard InChI is InChI=1S/C15H15F2N3S/c1-21-15-18-8-10-7-11(14(16)17)19-12(13(10)20-15)9-5-3-2-4-6-9/h5,7-8,14H,2-4,6H2,1H3. The zero-order chi connectivity index (χ0) is 14.8. The third kappa shape index (κ3) is 2.90. The van der Waals surface area contributed by atoms with Crippen molar-refractivity contribution in [2.24, 2.45) is 0 Å². The molecule has 2 aromatic heterocycles. The number of hydrogen-bond donors (Lipinski definition) is 0. The van der Waals surface area contributed by atoms with Crippen LogP contribution in [-0.2, 0) is 0 Å². The topological polar surface area (TPSA) is 38.7 Å². The number of rotatable bonds is 3. The minimum absolute atomic E-state index is 0.204. The van der Waals surface area contributed by atoms with Gasteiger partial charge < -0.3 is 0 Å². The molecule has 1 aliphatic carbocycles. The second kappa shape index (κ2) is 6.05. The summed E-state index contributed by atoms with van der Waals surface area (Å²) in [5.41, 5.74) is 2.09. The van der Waals surface area contributed by atoms with Gasteiger partial charge in [-0.2, -0.15) is 0 Å². The molecular weight excluding hydrogens is 292 g/mol. The Morgan fingerprint density at radius 3 is 2.76 bits per heavy atom. The van der Waals surface area contributed by atoms with Crippen molar-refractivity contribution in [1.29, 1.82) is 0 Å². The number of fused-ring (bicyclic) bond motifs is 1. The third-order valence-corrected chi connectivity index (χ3v) is 4.13. The van der Waals surface area contributed by atoms with Gasteiger partial charge in [0, 0.05) is 11.6 Å². The molecule has 3 rings (SSSR count). The van der Waals surface area contributed by atoms with Gasteiger partial charge in [0.2, 0.25) is 0 Å². The molecule has 1 aliphatic rings. The first-order valence-corrected chi connectivity index (χ1v) is 8.10. The van der Waals surface area contributed by atoms with E-state index in [9.17, 15) is 8.78 Å². The molecular formula is C15H15F2N3S. The van der Waals surface area contributed by atoms with Crippen LogP contribution in [0.5, 0.6) is 0 Å². The predicted octanol–water partition coefficient (Wildman–Crippen LogP) is 4.64. The molecule has 0 N–H and O–H groups in total. The first-order chi connectivity index (χ1) is 10.2. The largest absolute Gasteiger partial charge is 0.280 e. The van der Waals surface area contributed by atoms with Gasteiger partial charge in [0.25, 0.3) is 6.43 Å². The average molecular weight is 307 g/mol. The molecule has 0 amide bonds. The van der Waals surface area contributed by atoms with Gasteiger partial charge in [-0.1, -0.05) is 17.8 Å². The second-order valence-electron chi connectivity index (χ2n) is 4.97. The fraction of sp³-hybridized carbons (Fsp3) is 0.400. The predicted molar refractivity (Wildman–Crippen MR) is 80.5 cm³/mol. The van der Waals surface area contributed by atoms with Crippen LogP contribution in [0.1, 0.15) is 43.5 Å². The summed E-state index contributed by atoms with van der Waals surface area (Å²) in [6.45, 7) is 0. The fourth-order valence-electron chi connectivity index (χ4n) is 2.53. The SMILES string of the molecule is CSc1ncc2cc(C(F)F)nc(C3=CCCCC3)c2n1. The molecule has 0 atom stereocenters. The molecule has 0 aromatic carbocycles. The van der Waals surface area contributed by atoms with Crippen LogP contribution < -0.4 is 0 Å². The monoisotopic (exact) mass is 307 g/mol. The highest BCUT2D eigenvalue weighted by molar-refractivity contribution is 7.98. The lowest BCUT2D eigenvalue weighted by atomic mass is 9.95. The summed E-state index contributed by atoms with van der Waals surface area (Å²) in [5.74, 6) is 0. The summed E-state index contributed by atoms with van der Waals surface area (Å²) in [7, 11) is 0. The Hall–Kier alpha value is -1.56. The number of alkyl halides is 2. The number of nitrogens with zero attached hydrogens (tertiary/aromatic N) is 3. The van der Waals surface area contributed by atoms with Crippen molar-refractivity contribution >= 4 is 28.2 Å². The number of allylic oxidation sites excluding steroid dienone is 2. The zero-order valence-corrected chi connectivity index (χ0v) is 12.5. The van der Waals surface area contributed by atoms with E-state index in [0.717, 1.165) is 31.3 Å². The number of halogens is 2. The number of aromatic nitrogens is 3. The molecule has 0 radical (unpaired) electrons. The zero-order valence-electron chi connectivity index (χ0n) is 11.6. The van der Waals surface area contributed by atoms with E-state index in [1.165, 1.54) is 17.8 Å². The van der Waals surface area contributed by atoms with E-state index in [-0.39, 0.29) is 5.69 Å². The summed E-state index contributed by atoms with van der Waals surface area (Å²) in [5, 5.41) is 1.26.